The molecule has 4 aliphatic rings. The third-order valence-electron chi connectivity index (χ3n) is 8.64. The smallest absolute Gasteiger partial charge is 0.315 e. The predicted octanol–water partition coefficient (Wildman–Crippen LogP) is 1.39. The number of hydrogen-bond donors (Lipinski definition) is 3. The number of carbonyl (C=O) groups is 1. The average Bonchev–Trinajstić information content (AvgIpc) is 3.20. The standard InChI is InChI=1S/C22H29N2O4/c1-4-14-11-16-18(26)22-21(9-10-24(22,2)12-14,20(16,13-25)19(27)28-3)15-7-5-6-8-17(15)23-22/h4-8,16,18,23,25-26H,9-13H2,1-3H3/q+1/b14-4+/t16-,18+,20-,21-,22+,24?/m0/s1. The fourth-order valence-electron chi connectivity index (χ4n) is 7.64. The van der Waals surface area contributed by atoms with Crippen molar-refractivity contribution in [3.63, 3.8) is 0 Å². The van der Waals surface area contributed by atoms with Crippen LogP contribution in [-0.4, -0.2) is 66.3 Å². The Bertz CT molecular complexity index is 900. The predicted molar refractivity (Wildman–Crippen MR) is 104 cm³/mol. The number of quaternary nitrogens is 1. The summed E-state index contributed by atoms with van der Waals surface area (Å²) in [4.78, 5) is 13.5. The number of allylic oxidation sites excluding steroid dienone is 1. The van der Waals surface area contributed by atoms with E-state index < -0.39 is 34.5 Å². The van der Waals surface area contributed by atoms with Crippen molar-refractivity contribution in [2.45, 2.75) is 36.9 Å². The maximum Gasteiger partial charge on any atom is 0.315 e. The van der Waals surface area contributed by atoms with Gasteiger partial charge in [0.05, 0.1) is 32.7 Å². The number of anilines is 1. The van der Waals surface area contributed by atoms with Crippen LogP contribution >= 0.6 is 0 Å². The highest BCUT2D eigenvalue weighted by atomic mass is 16.5. The number of methoxy groups -OCH3 is 1. The molecular formula is C22H29N2O4+. The molecule has 0 aromatic heterocycles. The van der Waals surface area contributed by atoms with Crippen LogP contribution in [-0.2, 0) is 14.9 Å². The first-order chi connectivity index (χ1) is 13.4. The number of benzene rings is 1. The fraction of sp³-hybridized carbons (Fsp3) is 0.591. The van der Waals surface area contributed by atoms with Crippen LogP contribution in [0.2, 0.25) is 0 Å². The summed E-state index contributed by atoms with van der Waals surface area (Å²) in [6.45, 7) is 3.33. The molecule has 2 saturated heterocycles. The van der Waals surface area contributed by atoms with Gasteiger partial charge in [0.2, 0.25) is 5.66 Å². The molecule has 150 valence electrons. The van der Waals surface area contributed by atoms with Crippen LogP contribution in [0.25, 0.3) is 0 Å². The van der Waals surface area contributed by atoms with Crippen LogP contribution in [0.4, 0.5) is 5.69 Å². The van der Waals surface area contributed by atoms with Gasteiger partial charge in [-0.05, 0) is 30.5 Å². The molecule has 1 saturated carbocycles. The first-order valence-corrected chi connectivity index (χ1v) is 10.1. The lowest BCUT2D eigenvalue weighted by Crippen LogP contribution is -2.71. The Morgan fingerprint density at radius 2 is 2.18 bits per heavy atom. The lowest BCUT2D eigenvalue weighted by molar-refractivity contribution is -0.942. The Morgan fingerprint density at radius 3 is 2.86 bits per heavy atom. The van der Waals surface area contributed by atoms with Crippen LogP contribution in [0.3, 0.4) is 0 Å². The monoisotopic (exact) mass is 385 g/mol. The zero-order chi connectivity index (χ0) is 19.9. The number of aliphatic hydroxyl groups excluding tert-OH is 2. The zero-order valence-corrected chi connectivity index (χ0v) is 16.7. The van der Waals surface area contributed by atoms with Crippen molar-refractivity contribution in [1.29, 1.82) is 0 Å². The van der Waals surface area contributed by atoms with E-state index in [2.05, 4.69) is 24.5 Å². The molecule has 6 atom stereocenters. The molecule has 5 rings (SSSR count). The molecule has 1 aromatic carbocycles. The van der Waals surface area contributed by atoms with Gasteiger partial charge >= 0.3 is 5.97 Å². The summed E-state index contributed by atoms with van der Waals surface area (Å²) in [5, 5.41) is 26.4. The number of nitrogens with zero attached hydrogens (tertiary/aromatic N) is 1. The molecule has 0 amide bonds. The van der Waals surface area contributed by atoms with E-state index in [0.717, 1.165) is 24.3 Å². The third-order valence-corrected chi connectivity index (χ3v) is 8.64. The van der Waals surface area contributed by atoms with E-state index in [4.69, 9.17) is 4.74 Å². The SMILES string of the molecule is C/C=C1\C[C@H]2[C@@H](O)[C@]34Nc5ccccc5[C@@]3(CC[N+]4(C)C1)[C@]2(CO)C(=O)OC. The molecule has 6 heteroatoms. The molecular weight excluding hydrogens is 356 g/mol. The van der Waals surface area contributed by atoms with E-state index in [9.17, 15) is 15.0 Å². The van der Waals surface area contributed by atoms with Gasteiger partial charge < -0.3 is 20.3 Å². The topological polar surface area (TPSA) is 78.8 Å². The quantitative estimate of drug-likeness (QED) is 0.407. The van der Waals surface area contributed by atoms with Gasteiger partial charge in [0.15, 0.2) is 0 Å². The lowest BCUT2D eigenvalue weighted by Gasteiger charge is -2.50. The molecule has 3 heterocycles. The Labute approximate surface area is 165 Å². The largest absolute Gasteiger partial charge is 0.468 e. The van der Waals surface area contributed by atoms with Crippen LogP contribution < -0.4 is 5.32 Å². The van der Waals surface area contributed by atoms with Crippen molar-refractivity contribution in [2.24, 2.45) is 11.3 Å². The van der Waals surface area contributed by atoms with Gasteiger partial charge in [-0.1, -0.05) is 24.3 Å². The maximum atomic E-state index is 13.5. The van der Waals surface area contributed by atoms with Crippen molar-refractivity contribution >= 4 is 11.7 Å². The summed E-state index contributed by atoms with van der Waals surface area (Å²) in [6, 6.07) is 8.03. The second kappa shape index (κ2) is 5.38. The van der Waals surface area contributed by atoms with E-state index >= 15 is 0 Å². The van der Waals surface area contributed by atoms with Crippen molar-refractivity contribution in [2.75, 3.05) is 39.2 Å². The molecule has 3 fully saturated rings. The second-order valence-electron chi connectivity index (χ2n) is 9.19. The highest BCUT2D eigenvalue weighted by Gasteiger charge is 2.90. The molecule has 3 N–H and O–H groups in total. The normalized spacial score (nSPS) is 46.7. The summed E-state index contributed by atoms with van der Waals surface area (Å²) < 4.78 is 5.94. The van der Waals surface area contributed by atoms with Gasteiger partial charge in [-0.2, -0.15) is 0 Å². The first kappa shape index (κ1) is 18.2. The number of likely N-dealkylation sites (N-methyl/N-ethyl adjacent to an activating group) is 1. The number of fused-ring (bicyclic) bond motifs is 2. The Hall–Kier alpha value is -1.89. The maximum absolute atomic E-state index is 13.5. The molecule has 1 unspecified atom stereocenters. The Morgan fingerprint density at radius 1 is 1.43 bits per heavy atom. The molecule has 0 radical (unpaired) electrons. The van der Waals surface area contributed by atoms with Crippen molar-refractivity contribution in [3.05, 3.63) is 41.5 Å². The number of esters is 1. The van der Waals surface area contributed by atoms with Gasteiger partial charge in [0.1, 0.15) is 18.1 Å². The number of nitrogens with one attached hydrogen (secondary N) is 1. The summed E-state index contributed by atoms with van der Waals surface area (Å²) in [5.74, 6) is -0.817. The number of aliphatic hydroxyl groups is 2. The summed E-state index contributed by atoms with van der Waals surface area (Å²) in [5.41, 5.74) is 0.542. The minimum atomic E-state index is -1.19. The summed E-state index contributed by atoms with van der Waals surface area (Å²) in [6.07, 6.45) is 2.63. The summed E-state index contributed by atoms with van der Waals surface area (Å²) in [7, 11) is 3.57. The average molecular weight is 385 g/mol. The molecule has 3 aliphatic heterocycles. The fourth-order valence-corrected chi connectivity index (χ4v) is 7.64. The molecule has 1 spiro atoms. The number of ether oxygens (including phenoxy) is 1. The van der Waals surface area contributed by atoms with Crippen LogP contribution in [0, 0.1) is 11.3 Å². The zero-order valence-electron chi connectivity index (χ0n) is 16.7. The van der Waals surface area contributed by atoms with Crippen LogP contribution in [0.5, 0.6) is 0 Å². The van der Waals surface area contributed by atoms with Gasteiger partial charge in [-0.15, -0.1) is 0 Å². The van der Waals surface area contributed by atoms with E-state index in [1.165, 1.54) is 12.7 Å². The summed E-state index contributed by atoms with van der Waals surface area (Å²) >= 11 is 0. The number of para-hydroxylation sites is 1. The molecule has 28 heavy (non-hydrogen) atoms. The van der Waals surface area contributed by atoms with Gasteiger partial charge in [0, 0.05) is 18.0 Å². The number of rotatable bonds is 2. The highest BCUT2D eigenvalue weighted by molar-refractivity contribution is 5.85. The Balaban J connectivity index is 1.92. The van der Waals surface area contributed by atoms with E-state index in [1.54, 1.807) is 0 Å². The van der Waals surface area contributed by atoms with E-state index in [0.29, 0.717) is 17.3 Å². The van der Waals surface area contributed by atoms with Crippen molar-refractivity contribution in [3.8, 4) is 0 Å². The van der Waals surface area contributed by atoms with Crippen LogP contribution in [0.15, 0.2) is 35.9 Å². The molecule has 1 aliphatic carbocycles. The first-order valence-electron chi connectivity index (χ1n) is 10.1. The highest BCUT2D eigenvalue weighted by Crippen LogP contribution is 2.75. The minimum Gasteiger partial charge on any atom is -0.468 e. The van der Waals surface area contributed by atoms with E-state index in [1.807, 2.05) is 25.1 Å². The minimum absolute atomic E-state index is 0.337. The number of hydrogen-bond acceptors (Lipinski definition) is 5. The molecule has 6 nitrogen and oxygen atoms in total. The lowest BCUT2D eigenvalue weighted by atomic mass is 9.56. The Kier molecular flexibility index (Phi) is 3.49. The van der Waals surface area contributed by atoms with Gasteiger partial charge in [-0.3, -0.25) is 9.28 Å². The van der Waals surface area contributed by atoms with Gasteiger partial charge in [0.25, 0.3) is 0 Å². The van der Waals surface area contributed by atoms with Crippen molar-refractivity contribution < 1.29 is 24.2 Å². The van der Waals surface area contributed by atoms with Gasteiger partial charge in [-0.25, -0.2) is 0 Å². The molecule has 2 bridgehead atoms. The second-order valence-corrected chi connectivity index (χ2v) is 9.19. The van der Waals surface area contributed by atoms with Crippen LogP contribution in [0.1, 0.15) is 25.3 Å². The third kappa shape index (κ3) is 1.52. The molecule has 1 aromatic rings. The number of carbonyl (C=O) groups excluding carboxylic acids is 1. The van der Waals surface area contributed by atoms with Crippen molar-refractivity contribution in [1.82, 2.24) is 0 Å². The van der Waals surface area contributed by atoms with E-state index in [-0.39, 0.29) is 6.61 Å².